The summed E-state index contributed by atoms with van der Waals surface area (Å²) in [6, 6.07) is 11.0. The zero-order chi connectivity index (χ0) is 18.6. The summed E-state index contributed by atoms with van der Waals surface area (Å²) in [5.74, 6) is 9.97. The van der Waals surface area contributed by atoms with E-state index < -0.39 is 0 Å². The Labute approximate surface area is 163 Å². The molecule has 1 unspecified atom stereocenters. The van der Waals surface area contributed by atoms with Gasteiger partial charge in [0.15, 0.2) is 0 Å². The number of hydrogen-bond donors (Lipinski definition) is 1. The summed E-state index contributed by atoms with van der Waals surface area (Å²) in [5.41, 5.74) is 2.97. The molecule has 0 aromatic heterocycles. The molecular weight excluding hydrogens is 330 g/mol. The van der Waals surface area contributed by atoms with Crippen molar-refractivity contribution in [1.82, 2.24) is 4.90 Å². The first kappa shape index (κ1) is 17.3. The van der Waals surface area contributed by atoms with Crippen molar-refractivity contribution in [2.45, 2.75) is 63.7 Å². The van der Waals surface area contributed by atoms with Crippen LogP contribution >= 0.6 is 0 Å². The van der Waals surface area contributed by atoms with Gasteiger partial charge in [-0.05, 0) is 74.7 Å². The summed E-state index contributed by atoms with van der Waals surface area (Å²) in [6.45, 7) is 7.79. The average Bonchev–Trinajstić information content (AvgIpc) is 2.65. The lowest BCUT2D eigenvalue weighted by atomic mass is 9.49. The zero-order valence-corrected chi connectivity index (χ0v) is 16.7. The van der Waals surface area contributed by atoms with Crippen LogP contribution in [0.2, 0.25) is 0 Å². The molecule has 4 aliphatic carbocycles. The Kier molecular flexibility index (Phi) is 3.93. The van der Waals surface area contributed by atoms with Gasteiger partial charge in [0.25, 0.3) is 0 Å². The molecule has 4 bridgehead atoms. The summed E-state index contributed by atoms with van der Waals surface area (Å²) < 4.78 is 0. The fourth-order valence-corrected chi connectivity index (χ4v) is 7.27. The molecule has 0 radical (unpaired) electrons. The average molecular weight is 364 g/mol. The highest BCUT2D eigenvalue weighted by Gasteiger charge is 2.55. The largest absolute Gasteiger partial charge is 0.331 e. The first-order chi connectivity index (χ1) is 13.0. The van der Waals surface area contributed by atoms with Crippen molar-refractivity contribution in [1.29, 1.82) is 0 Å². The van der Waals surface area contributed by atoms with E-state index in [0.717, 1.165) is 43.0 Å². The van der Waals surface area contributed by atoms with E-state index in [0.29, 0.717) is 0 Å². The quantitative estimate of drug-likeness (QED) is 0.346. The van der Waals surface area contributed by atoms with Gasteiger partial charge in [-0.3, -0.25) is 0 Å². The Morgan fingerprint density at radius 2 is 1.67 bits per heavy atom. The lowest BCUT2D eigenvalue weighted by molar-refractivity contribution is -0.0187. The maximum absolute atomic E-state index is 6.12. The van der Waals surface area contributed by atoms with Gasteiger partial charge in [0.2, 0.25) is 0 Å². The summed E-state index contributed by atoms with van der Waals surface area (Å²) in [6.07, 6.45) is 10.4. The smallest absolute Gasteiger partial charge is 0.134 e. The van der Waals surface area contributed by atoms with Crippen LogP contribution < -0.4 is 5.84 Å². The van der Waals surface area contributed by atoms with E-state index in [1.807, 2.05) is 0 Å². The molecule has 144 valence electrons. The maximum atomic E-state index is 6.12. The van der Waals surface area contributed by atoms with Crippen molar-refractivity contribution in [3.63, 3.8) is 0 Å². The number of piperidine rings is 1. The molecule has 1 aromatic rings. The molecule has 1 aliphatic heterocycles. The highest BCUT2D eigenvalue weighted by atomic mass is 15.3. The van der Waals surface area contributed by atoms with Gasteiger partial charge in [0.05, 0.1) is 0 Å². The summed E-state index contributed by atoms with van der Waals surface area (Å²) in [7, 11) is 0. The van der Waals surface area contributed by atoms with Crippen molar-refractivity contribution >= 4 is 5.84 Å². The second-order valence-corrected chi connectivity index (χ2v) is 10.2. The standard InChI is InChI=1S/C24H33N3/c1-17-8-9-23(2,21-6-4-3-5-7-21)16-27(17)22(26-25)24-13-18-10-19(14-24)12-20(11-18)15-24/h3-7,18-20H,1,8-16,25H2,2H3/b26-22-. The van der Waals surface area contributed by atoms with Crippen LogP contribution in [0.3, 0.4) is 0 Å². The fraction of sp³-hybridized carbons (Fsp3) is 0.625. The minimum atomic E-state index is 0.126. The fourth-order valence-electron chi connectivity index (χ4n) is 7.27. The van der Waals surface area contributed by atoms with Gasteiger partial charge in [-0.15, -0.1) is 0 Å². The summed E-state index contributed by atoms with van der Waals surface area (Å²) in [4.78, 5) is 2.43. The van der Waals surface area contributed by atoms with Crippen LogP contribution in [0.1, 0.15) is 63.9 Å². The number of amidine groups is 1. The molecule has 3 heteroatoms. The van der Waals surface area contributed by atoms with E-state index in [9.17, 15) is 0 Å². The molecule has 5 fully saturated rings. The monoisotopic (exact) mass is 363 g/mol. The normalized spacial score (nSPS) is 41.2. The predicted octanol–water partition coefficient (Wildman–Crippen LogP) is 5.04. The highest BCUT2D eigenvalue weighted by Crippen LogP contribution is 2.61. The lowest BCUT2D eigenvalue weighted by Gasteiger charge is -2.59. The van der Waals surface area contributed by atoms with Gasteiger partial charge in [0.1, 0.15) is 5.84 Å². The third kappa shape index (κ3) is 2.73. The van der Waals surface area contributed by atoms with Crippen molar-refractivity contribution in [2.24, 2.45) is 34.1 Å². The first-order valence-electron chi connectivity index (χ1n) is 10.8. The third-order valence-corrected chi connectivity index (χ3v) is 8.22. The van der Waals surface area contributed by atoms with Gasteiger partial charge in [-0.25, -0.2) is 0 Å². The van der Waals surface area contributed by atoms with Crippen molar-refractivity contribution < 1.29 is 0 Å². The number of hydrogen-bond acceptors (Lipinski definition) is 2. The van der Waals surface area contributed by atoms with Crippen LogP contribution in [0.15, 0.2) is 47.7 Å². The Bertz CT molecular complexity index is 730. The van der Waals surface area contributed by atoms with Crippen LogP contribution in [0.4, 0.5) is 0 Å². The first-order valence-corrected chi connectivity index (χ1v) is 10.8. The summed E-state index contributed by atoms with van der Waals surface area (Å²) in [5, 5.41) is 4.49. The van der Waals surface area contributed by atoms with E-state index in [-0.39, 0.29) is 10.8 Å². The van der Waals surface area contributed by atoms with Gasteiger partial charge in [0, 0.05) is 23.1 Å². The van der Waals surface area contributed by atoms with Crippen molar-refractivity contribution in [2.75, 3.05) is 6.54 Å². The Morgan fingerprint density at radius 1 is 1.07 bits per heavy atom. The minimum Gasteiger partial charge on any atom is -0.331 e. The third-order valence-electron chi connectivity index (χ3n) is 8.22. The van der Waals surface area contributed by atoms with Crippen LogP contribution in [-0.2, 0) is 5.41 Å². The molecule has 2 N–H and O–H groups in total. The molecule has 1 atom stereocenters. The van der Waals surface area contributed by atoms with Gasteiger partial charge in [-0.1, -0.05) is 43.8 Å². The molecular formula is C24H33N3. The molecule has 1 heterocycles. The predicted molar refractivity (Wildman–Crippen MR) is 111 cm³/mol. The van der Waals surface area contributed by atoms with E-state index in [4.69, 9.17) is 5.84 Å². The second-order valence-electron chi connectivity index (χ2n) is 10.2. The molecule has 1 saturated heterocycles. The molecule has 1 aromatic carbocycles. The van der Waals surface area contributed by atoms with E-state index in [2.05, 4.69) is 53.8 Å². The van der Waals surface area contributed by atoms with E-state index >= 15 is 0 Å². The molecule has 6 rings (SSSR count). The number of allylic oxidation sites excluding steroid dienone is 1. The number of rotatable bonds is 2. The number of hydrazone groups is 1. The SMILES string of the molecule is C=C1CCC(C)(c2ccccc2)CN1/C(=N\N)C12CC3CC(CC(C3)C1)C2. The minimum absolute atomic E-state index is 0.126. The highest BCUT2D eigenvalue weighted by molar-refractivity contribution is 5.90. The number of nitrogens with zero attached hydrogens (tertiary/aromatic N) is 2. The van der Waals surface area contributed by atoms with Gasteiger partial charge < -0.3 is 10.7 Å². The lowest BCUT2D eigenvalue weighted by Crippen LogP contribution is -2.57. The molecule has 0 spiro atoms. The maximum Gasteiger partial charge on any atom is 0.134 e. The summed E-state index contributed by atoms with van der Waals surface area (Å²) >= 11 is 0. The Balaban J connectivity index is 1.47. The van der Waals surface area contributed by atoms with Crippen LogP contribution in [0, 0.1) is 23.2 Å². The molecule has 5 aliphatic rings. The van der Waals surface area contributed by atoms with Crippen molar-refractivity contribution in [3.8, 4) is 0 Å². The number of likely N-dealkylation sites (tertiary alicyclic amines) is 1. The molecule has 0 amide bonds. The van der Waals surface area contributed by atoms with Crippen molar-refractivity contribution in [3.05, 3.63) is 48.2 Å². The van der Waals surface area contributed by atoms with Crippen LogP contribution in [0.5, 0.6) is 0 Å². The Morgan fingerprint density at radius 3 is 2.22 bits per heavy atom. The molecule has 4 saturated carbocycles. The van der Waals surface area contributed by atoms with E-state index in [1.54, 1.807) is 0 Å². The van der Waals surface area contributed by atoms with Gasteiger partial charge >= 0.3 is 0 Å². The van der Waals surface area contributed by atoms with Crippen LogP contribution in [0.25, 0.3) is 0 Å². The van der Waals surface area contributed by atoms with Gasteiger partial charge in [-0.2, -0.15) is 5.10 Å². The number of benzene rings is 1. The topological polar surface area (TPSA) is 41.6 Å². The van der Waals surface area contributed by atoms with E-state index in [1.165, 1.54) is 49.8 Å². The second kappa shape index (κ2) is 6.12. The molecule has 27 heavy (non-hydrogen) atoms. The zero-order valence-electron chi connectivity index (χ0n) is 16.7. The molecule has 3 nitrogen and oxygen atoms in total. The Hall–Kier alpha value is -1.77. The van der Waals surface area contributed by atoms with Crippen LogP contribution in [-0.4, -0.2) is 17.3 Å². The number of nitrogens with two attached hydrogens (primary N) is 1.